The molecule has 0 aliphatic carbocycles. The second-order valence-corrected chi connectivity index (χ2v) is 8.13. The van der Waals surface area contributed by atoms with E-state index in [0.29, 0.717) is 11.7 Å². The van der Waals surface area contributed by atoms with E-state index in [0.717, 1.165) is 60.3 Å². The number of benzene rings is 2. The van der Waals surface area contributed by atoms with Crippen molar-refractivity contribution in [2.45, 2.75) is 12.8 Å². The highest BCUT2D eigenvalue weighted by Gasteiger charge is 2.23. The molecule has 4 aromatic rings. The molecular weight excluding hydrogens is 398 g/mol. The van der Waals surface area contributed by atoms with Crippen molar-refractivity contribution in [2.75, 3.05) is 25.0 Å². The molecule has 2 aromatic carbocycles. The summed E-state index contributed by atoms with van der Waals surface area (Å²) in [6, 6.07) is 21.5. The van der Waals surface area contributed by atoms with Gasteiger partial charge in [0.25, 0.3) is 5.91 Å². The number of hydrogen-bond acceptors (Lipinski definition) is 5. The maximum absolute atomic E-state index is 12.7. The molecule has 2 aromatic heterocycles. The first-order valence-electron chi connectivity index (χ1n) is 11.0. The third-order valence-electron chi connectivity index (χ3n) is 6.02. The molecule has 1 aliphatic rings. The van der Waals surface area contributed by atoms with Gasteiger partial charge in [0.05, 0.1) is 5.52 Å². The van der Waals surface area contributed by atoms with Crippen LogP contribution in [-0.2, 0) is 0 Å². The van der Waals surface area contributed by atoms with Crippen molar-refractivity contribution in [3.8, 4) is 11.4 Å². The number of rotatable bonds is 5. The van der Waals surface area contributed by atoms with Gasteiger partial charge in [-0.25, -0.2) is 9.97 Å². The summed E-state index contributed by atoms with van der Waals surface area (Å²) < 4.78 is 0. The summed E-state index contributed by atoms with van der Waals surface area (Å²) in [6.45, 7) is 2.39. The van der Waals surface area contributed by atoms with Gasteiger partial charge in [-0.2, -0.15) is 0 Å². The highest BCUT2D eigenvalue weighted by Crippen LogP contribution is 2.26. The number of para-hydroxylation sites is 1. The van der Waals surface area contributed by atoms with Crippen molar-refractivity contribution in [1.82, 2.24) is 19.9 Å². The topological polar surface area (TPSA) is 71.0 Å². The number of carbonyl (C=O) groups excluding carboxylic acids is 1. The van der Waals surface area contributed by atoms with Crippen molar-refractivity contribution in [1.29, 1.82) is 0 Å². The highest BCUT2D eigenvalue weighted by molar-refractivity contribution is 5.94. The van der Waals surface area contributed by atoms with E-state index in [1.54, 1.807) is 12.4 Å². The zero-order valence-corrected chi connectivity index (χ0v) is 17.8. The van der Waals surface area contributed by atoms with E-state index in [4.69, 9.17) is 9.97 Å². The number of carbonyl (C=O) groups is 1. The molecule has 3 heterocycles. The van der Waals surface area contributed by atoms with Gasteiger partial charge in [0.1, 0.15) is 5.82 Å². The SMILES string of the molecule is O=C(c1ccccc1)N1CCC(CNc2nc(-c3ccncc3)nc3ccccc23)CC1. The normalized spacial score (nSPS) is 14.4. The Morgan fingerprint density at radius 1 is 0.906 bits per heavy atom. The Morgan fingerprint density at radius 3 is 2.41 bits per heavy atom. The van der Waals surface area contributed by atoms with Crippen LogP contribution in [0.4, 0.5) is 5.82 Å². The fraction of sp³-hybridized carbons (Fsp3) is 0.231. The number of hydrogen-bond donors (Lipinski definition) is 1. The Hall–Kier alpha value is -3.80. The van der Waals surface area contributed by atoms with Crippen molar-refractivity contribution < 1.29 is 4.79 Å². The largest absolute Gasteiger partial charge is 0.369 e. The summed E-state index contributed by atoms with van der Waals surface area (Å²) in [4.78, 5) is 28.3. The summed E-state index contributed by atoms with van der Waals surface area (Å²) in [5.41, 5.74) is 2.63. The second-order valence-electron chi connectivity index (χ2n) is 8.13. The molecule has 0 unspecified atom stereocenters. The Morgan fingerprint density at radius 2 is 1.62 bits per heavy atom. The van der Waals surface area contributed by atoms with Gasteiger partial charge in [0, 0.05) is 48.5 Å². The van der Waals surface area contributed by atoms with E-state index in [-0.39, 0.29) is 5.91 Å². The minimum absolute atomic E-state index is 0.126. The van der Waals surface area contributed by atoms with Crippen LogP contribution in [0.3, 0.4) is 0 Å². The summed E-state index contributed by atoms with van der Waals surface area (Å²) in [5.74, 6) is 2.16. The van der Waals surface area contributed by atoms with Crippen LogP contribution < -0.4 is 5.32 Å². The van der Waals surface area contributed by atoms with Crippen LogP contribution in [0, 0.1) is 5.92 Å². The minimum atomic E-state index is 0.126. The van der Waals surface area contributed by atoms with Gasteiger partial charge in [0.2, 0.25) is 0 Å². The minimum Gasteiger partial charge on any atom is -0.369 e. The number of amides is 1. The molecule has 0 saturated carbocycles. The predicted octanol–water partition coefficient (Wildman–Crippen LogP) is 4.66. The Bertz CT molecular complexity index is 1200. The molecule has 1 N–H and O–H groups in total. The smallest absolute Gasteiger partial charge is 0.253 e. The zero-order valence-electron chi connectivity index (χ0n) is 17.8. The predicted molar refractivity (Wildman–Crippen MR) is 126 cm³/mol. The van der Waals surface area contributed by atoms with E-state index in [1.807, 2.05) is 65.6 Å². The third kappa shape index (κ3) is 4.30. The summed E-state index contributed by atoms with van der Waals surface area (Å²) >= 11 is 0. The molecule has 0 bridgehead atoms. The molecule has 0 atom stereocenters. The average molecular weight is 424 g/mol. The van der Waals surface area contributed by atoms with Crippen LogP contribution in [0.1, 0.15) is 23.2 Å². The summed E-state index contributed by atoms with van der Waals surface area (Å²) in [6.07, 6.45) is 5.47. The number of fused-ring (bicyclic) bond motifs is 1. The molecule has 0 radical (unpaired) electrons. The third-order valence-corrected chi connectivity index (χ3v) is 6.02. The van der Waals surface area contributed by atoms with E-state index < -0.39 is 0 Å². The number of pyridine rings is 1. The lowest BCUT2D eigenvalue weighted by Crippen LogP contribution is -2.39. The maximum Gasteiger partial charge on any atom is 0.253 e. The molecule has 1 aliphatic heterocycles. The first kappa shape index (κ1) is 20.1. The quantitative estimate of drug-likeness (QED) is 0.506. The van der Waals surface area contributed by atoms with E-state index in [1.165, 1.54) is 0 Å². The summed E-state index contributed by atoms with van der Waals surface area (Å²) in [7, 11) is 0. The Kier molecular flexibility index (Phi) is 5.75. The standard InChI is InChI=1S/C26H25N5O/c32-26(21-6-2-1-3-7-21)31-16-12-19(13-17-31)18-28-25-22-8-4-5-9-23(22)29-24(30-25)20-10-14-27-15-11-20/h1-11,14-15,19H,12-13,16-18H2,(H,28,29,30). The van der Waals surface area contributed by atoms with Crippen molar-refractivity contribution >= 4 is 22.6 Å². The van der Waals surface area contributed by atoms with Gasteiger partial charge < -0.3 is 10.2 Å². The van der Waals surface area contributed by atoms with Crippen LogP contribution in [0.25, 0.3) is 22.3 Å². The van der Waals surface area contributed by atoms with E-state index >= 15 is 0 Å². The van der Waals surface area contributed by atoms with Crippen LogP contribution in [0.2, 0.25) is 0 Å². The second kappa shape index (κ2) is 9.14. The number of nitrogens with one attached hydrogen (secondary N) is 1. The van der Waals surface area contributed by atoms with Crippen LogP contribution >= 0.6 is 0 Å². The first-order valence-corrected chi connectivity index (χ1v) is 11.0. The monoisotopic (exact) mass is 423 g/mol. The molecule has 5 rings (SSSR count). The lowest BCUT2D eigenvalue weighted by molar-refractivity contribution is 0.0695. The average Bonchev–Trinajstić information content (AvgIpc) is 2.88. The van der Waals surface area contributed by atoms with Gasteiger partial charge in [0.15, 0.2) is 5.82 Å². The molecule has 1 amide bonds. The van der Waals surface area contributed by atoms with Crippen LogP contribution in [0.15, 0.2) is 79.1 Å². The van der Waals surface area contributed by atoms with Crippen LogP contribution in [0.5, 0.6) is 0 Å². The molecule has 6 heteroatoms. The van der Waals surface area contributed by atoms with Gasteiger partial charge in [-0.05, 0) is 55.2 Å². The number of aromatic nitrogens is 3. The number of nitrogens with zero attached hydrogens (tertiary/aromatic N) is 4. The van der Waals surface area contributed by atoms with Crippen molar-refractivity contribution in [3.05, 3.63) is 84.7 Å². The van der Waals surface area contributed by atoms with Gasteiger partial charge in [-0.3, -0.25) is 9.78 Å². The maximum atomic E-state index is 12.7. The van der Waals surface area contributed by atoms with Gasteiger partial charge >= 0.3 is 0 Å². The lowest BCUT2D eigenvalue weighted by Gasteiger charge is -2.32. The first-order chi connectivity index (χ1) is 15.8. The molecule has 1 saturated heterocycles. The van der Waals surface area contributed by atoms with Gasteiger partial charge in [-0.15, -0.1) is 0 Å². The lowest BCUT2D eigenvalue weighted by atomic mass is 9.96. The van der Waals surface area contributed by atoms with E-state index in [9.17, 15) is 4.79 Å². The van der Waals surface area contributed by atoms with E-state index in [2.05, 4.69) is 16.4 Å². The van der Waals surface area contributed by atoms with Crippen LogP contribution in [-0.4, -0.2) is 45.4 Å². The molecule has 6 nitrogen and oxygen atoms in total. The van der Waals surface area contributed by atoms with Gasteiger partial charge in [-0.1, -0.05) is 30.3 Å². The molecule has 32 heavy (non-hydrogen) atoms. The highest BCUT2D eigenvalue weighted by atomic mass is 16.2. The Balaban J connectivity index is 1.27. The fourth-order valence-electron chi connectivity index (χ4n) is 4.19. The zero-order chi connectivity index (χ0) is 21.8. The molecule has 160 valence electrons. The molecule has 1 fully saturated rings. The number of likely N-dealkylation sites (tertiary alicyclic amines) is 1. The summed E-state index contributed by atoms with van der Waals surface area (Å²) in [5, 5.41) is 4.59. The molecular formula is C26H25N5O. The Labute approximate surface area is 187 Å². The fourth-order valence-corrected chi connectivity index (χ4v) is 4.19. The number of anilines is 1. The number of piperidine rings is 1. The van der Waals surface area contributed by atoms with Crippen molar-refractivity contribution in [2.24, 2.45) is 5.92 Å². The molecule has 0 spiro atoms. The van der Waals surface area contributed by atoms with Crippen molar-refractivity contribution in [3.63, 3.8) is 0 Å².